The van der Waals surface area contributed by atoms with E-state index in [1.807, 2.05) is 64.5 Å². The summed E-state index contributed by atoms with van der Waals surface area (Å²) in [6.45, 7) is 5.98. The van der Waals surface area contributed by atoms with Crippen molar-refractivity contribution in [2.75, 3.05) is 27.2 Å². The first-order valence-electron chi connectivity index (χ1n) is 12.9. The average Bonchev–Trinajstić information content (AvgIpc) is 3.55. The van der Waals surface area contributed by atoms with Gasteiger partial charge in [-0.05, 0) is 45.1 Å². The molecule has 8 nitrogen and oxygen atoms in total. The molecule has 0 spiro atoms. The van der Waals surface area contributed by atoms with E-state index in [0.29, 0.717) is 45.3 Å². The van der Waals surface area contributed by atoms with Gasteiger partial charge < -0.3 is 19.2 Å². The van der Waals surface area contributed by atoms with Crippen LogP contribution in [0.25, 0.3) is 33.0 Å². The molecule has 3 heterocycles. The number of nitrogens with zero attached hydrogens (tertiary/aromatic N) is 2. The number of esters is 1. The predicted molar refractivity (Wildman–Crippen MR) is 148 cm³/mol. The van der Waals surface area contributed by atoms with Gasteiger partial charge in [0, 0.05) is 46.4 Å². The molecule has 0 saturated carbocycles. The minimum absolute atomic E-state index is 0.211. The lowest BCUT2D eigenvalue weighted by Crippen LogP contribution is -2.22. The number of fused-ring (bicyclic) bond motifs is 2. The van der Waals surface area contributed by atoms with Crippen LogP contribution in [0.1, 0.15) is 41.8 Å². The van der Waals surface area contributed by atoms with Crippen molar-refractivity contribution in [1.29, 1.82) is 0 Å². The number of imide groups is 1. The van der Waals surface area contributed by atoms with Crippen LogP contribution in [0.3, 0.4) is 0 Å². The second-order valence-electron chi connectivity index (χ2n) is 10.4. The largest absolute Gasteiger partial charge is 0.462 e. The molecule has 0 aliphatic carbocycles. The minimum Gasteiger partial charge on any atom is -0.462 e. The van der Waals surface area contributed by atoms with Crippen LogP contribution >= 0.6 is 0 Å². The van der Waals surface area contributed by atoms with E-state index < -0.39 is 17.8 Å². The number of benzene rings is 2. The third kappa shape index (κ3) is 4.63. The predicted octanol–water partition coefficient (Wildman–Crippen LogP) is 4.45. The van der Waals surface area contributed by atoms with Crippen LogP contribution in [0.4, 0.5) is 0 Å². The SMILES string of the molecule is CC(C)COC(=O)c1cccc2c(C3=C(c4cn(CCCN(C)C)c5ccccc45)C(=O)NC3=O)c[nH]c12. The Bertz CT molecular complexity index is 1590. The van der Waals surface area contributed by atoms with Gasteiger partial charge in [0.1, 0.15) is 0 Å². The number of aryl methyl sites for hydroxylation is 1. The molecule has 4 aromatic rings. The zero-order valence-electron chi connectivity index (χ0n) is 22.1. The standard InChI is InChI=1S/C30H32N4O4/c1-18(2)17-38-30(37)21-11-7-10-20-22(15-31-27(20)21)25-26(29(36)32-28(25)35)23-16-34(14-8-13-33(3)4)24-12-6-5-9-19(23)24/h5-7,9-12,15-16,18,31H,8,13-14,17H2,1-4H3,(H,32,35,36). The van der Waals surface area contributed by atoms with Gasteiger partial charge in [-0.15, -0.1) is 0 Å². The highest BCUT2D eigenvalue weighted by Crippen LogP contribution is 2.38. The first-order chi connectivity index (χ1) is 18.3. The Morgan fingerprint density at radius 3 is 2.42 bits per heavy atom. The molecule has 38 heavy (non-hydrogen) atoms. The van der Waals surface area contributed by atoms with E-state index in [2.05, 4.69) is 19.8 Å². The Morgan fingerprint density at radius 1 is 0.974 bits per heavy atom. The lowest BCUT2D eigenvalue weighted by Gasteiger charge is -2.10. The Balaban J connectivity index is 1.64. The van der Waals surface area contributed by atoms with Crippen LogP contribution in [0.15, 0.2) is 54.9 Å². The van der Waals surface area contributed by atoms with Crippen LogP contribution in [0.2, 0.25) is 0 Å². The van der Waals surface area contributed by atoms with E-state index in [4.69, 9.17) is 4.74 Å². The number of rotatable bonds is 9. The van der Waals surface area contributed by atoms with Crippen molar-refractivity contribution in [2.24, 2.45) is 5.92 Å². The van der Waals surface area contributed by atoms with E-state index >= 15 is 0 Å². The van der Waals surface area contributed by atoms with Gasteiger partial charge in [-0.2, -0.15) is 0 Å². The van der Waals surface area contributed by atoms with Gasteiger partial charge in [0.05, 0.1) is 28.8 Å². The fraction of sp³-hybridized carbons (Fsp3) is 0.300. The summed E-state index contributed by atoms with van der Waals surface area (Å²) in [5.74, 6) is -1.10. The number of carbonyl (C=O) groups excluding carboxylic acids is 3. The van der Waals surface area contributed by atoms with Gasteiger partial charge in [-0.25, -0.2) is 4.79 Å². The first kappa shape index (κ1) is 25.5. The summed E-state index contributed by atoms with van der Waals surface area (Å²) < 4.78 is 7.59. The number of aromatic nitrogens is 2. The summed E-state index contributed by atoms with van der Waals surface area (Å²) in [5, 5.41) is 4.08. The highest BCUT2D eigenvalue weighted by Gasteiger charge is 2.35. The van der Waals surface area contributed by atoms with Gasteiger partial charge in [-0.3, -0.25) is 14.9 Å². The van der Waals surface area contributed by atoms with Gasteiger partial charge >= 0.3 is 5.97 Å². The quantitative estimate of drug-likeness (QED) is 0.255. The molecule has 0 unspecified atom stereocenters. The highest BCUT2D eigenvalue weighted by atomic mass is 16.5. The lowest BCUT2D eigenvalue weighted by atomic mass is 9.95. The zero-order valence-corrected chi connectivity index (χ0v) is 22.1. The summed E-state index contributed by atoms with van der Waals surface area (Å²) in [6, 6.07) is 13.2. The molecule has 0 saturated heterocycles. The fourth-order valence-electron chi connectivity index (χ4n) is 5.01. The average molecular weight is 513 g/mol. The summed E-state index contributed by atoms with van der Waals surface area (Å²) in [7, 11) is 4.09. The van der Waals surface area contributed by atoms with Gasteiger partial charge in [0.15, 0.2) is 0 Å². The van der Waals surface area contributed by atoms with Crippen molar-refractivity contribution in [3.8, 4) is 0 Å². The molecule has 2 aromatic heterocycles. The Hall–Kier alpha value is -4.17. The van der Waals surface area contributed by atoms with Crippen molar-refractivity contribution < 1.29 is 19.1 Å². The van der Waals surface area contributed by atoms with Crippen molar-refractivity contribution in [2.45, 2.75) is 26.8 Å². The number of aromatic amines is 1. The Labute approximate surface area is 221 Å². The summed E-state index contributed by atoms with van der Waals surface area (Å²) >= 11 is 0. The smallest absolute Gasteiger partial charge is 0.340 e. The molecule has 1 aliphatic rings. The molecule has 196 valence electrons. The number of carbonyl (C=O) groups is 3. The van der Waals surface area contributed by atoms with Gasteiger partial charge in [0.25, 0.3) is 11.8 Å². The molecule has 0 atom stereocenters. The van der Waals surface area contributed by atoms with Crippen LogP contribution in [0, 0.1) is 5.92 Å². The van der Waals surface area contributed by atoms with Crippen LogP contribution in [-0.2, 0) is 20.9 Å². The number of hydrogen-bond donors (Lipinski definition) is 2. The topological polar surface area (TPSA) is 96.4 Å². The molecule has 1 aliphatic heterocycles. The maximum atomic E-state index is 13.2. The third-order valence-electron chi connectivity index (χ3n) is 6.75. The number of ether oxygens (including phenoxy) is 1. The van der Waals surface area contributed by atoms with Crippen LogP contribution < -0.4 is 5.32 Å². The molecule has 0 fully saturated rings. The second kappa shape index (κ2) is 10.3. The van der Waals surface area contributed by atoms with Crippen LogP contribution in [-0.4, -0.2) is 59.5 Å². The van der Waals surface area contributed by atoms with E-state index in [0.717, 1.165) is 30.4 Å². The number of para-hydroxylation sites is 2. The fourth-order valence-corrected chi connectivity index (χ4v) is 5.01. The molecule has 2 N–H and O–H groups in total. The van der Waals surface area contributed by atoms with E-state index in [9.17, 15) is 14.4 Å². The van der Waals surface area contributed by atoms with E-state index in [1.54, 1.807) is 18.3 Å². The normalized spacial score (nSPS) is 13.9. The number of hydrogen-bond acceptors (Lipinski definition) is 5. The number of H-pyrrole nitrogens is 1. The molecule has 2 amide bonds. The second-order valence-corrected chi connectivity index (χ2v) is 10.4. The maximum Gasteiger partial charge on any atom is 0.340 e. The van der Waals surface area contributed by atoms with Crippen molar-refractivity contribution >= 4 is 50.7 Å². The van der Waals surface area contributed by atoms with E-state index in [1.165, 1.54) is 0 Å². The Morgan fingerprint density at radius 2 is 1.68 bits per heavy atom. The summed E-state index contributed by atoms with van der Waals surface area (Å²) in [4.78, 5) is 44.5. The first-order valence-corrected chi connectivity index (χ1v) is 12.9. The van der Waals surface area contributed by atoms with E-state index in [-0.39, 0.29) is 5.92 Å². The molecular formula is C30H32N4O4. The lowest BCUT2D eigenvalue weighted by molar-refractivity contribution is -0.122. The number of amides is 2. The summed E-state index contributed by atoms with van der Waals surface area (Å²) in [6.07, 6.45) is 4.60. The van der Waals surface area contributed by atoms with Crippen molar-refractivity contribution in [3.05, 3.63) is 71.5 Å². The molecule has 0 bridgehead atoms. The number of nitrogens with one attached hydrogen (secondary N) is 2. The Kier molecular flexibility index (Phi) is 6.91. The molecule has 8 heteroatoms. The van der Waals surface area contributed by atoms with Gasteiger partial charge in [-0.1, -0.05) is 44.2 Å². The van der Waals surface area contributed by atoms with Crippen molar-refractivity contribution in [3.63, 3.8) is 0 Å². The maximum absolute atomic E-state index is 13.2. The van der Waals surface area contributed by atoms with Crippen molar-refractivity contribution in [1.82, 2.24) is 19.8 Å². The molecular weight excluding hydrogens is 480 g/mol. The molecule has 2 aromatic carbocycles. The minimum atomic E-state index is -0.455. The van der Waals surface area contributed by atoms with Gasteiger partial charge in [0.2, 0.25) is 0 Å². The molecule has 5 rings (SSSR count). The third-order valence-corrected chi connectivity index (χ3v) is 6.75. The monoisotopic (exact) mass is 512 g/mol. The molecule has 0 radical (unpaired) electrons. The van der Waals surface area contributed by atoms with Crippen LogP contribution in [0.5, 0.6) is 0 Å². The highest BCUT2D eigenvalue weighted by molar-refractivity contribution is 6.50. The zero-order chi connectivity index (χ0) is 27.0. The summed E-state index contributed by atoms with van der Waals surface area (Å²) in [5.41, 5.74) is 3.89.